The van der Waals surface area contributed by atoms with Gasteiger partial charge in [0, 0.05) is 59.7 Å². The van der Waals surface area contributed by atoms with Gasteiger partial charge in [-0.2, -0.15) is 17.7 Å². The first-order valence-corrected chi connectivity index (χ1v) is 6.92. The molecule has 0 bridgehead atoms. The fourth-order valence-electron chi connectivity index (χ4n) is 2.56. The van der Waals surface area contributed by atoms with Crippen LogP contribution in [-0.4, -0.2) is 5.88 Å². The molecule has 1 atom stereocenters. The Bertz CT molecular complexity index is 513. The number of rotatable bonds is 1. The molecule has 0 saturated heterocycles. The molecule has 0 aromatic heterocycles. The molecule has 0 fully saturated rings. The maximum Gasteiger partial charge on any atom is 0.0187 e. The predicted octanol–water partition coefficient (Wildman–Crippen LogP) is 5.38. The third kappa shape index (κ3) is 4.64. The Morgan fingerprint density at radius 3 is 2.55 bits per heavy atom. The number of alkyl halides is 1. The van der Waals surface area contributed by atoms with Gasteiger partial charge in [-0.25, -0.2) is 0 Å². The molecule has 0 saturated carbocycles. The van der Waals surface area contributed by atoms with Gasteiger partial charge in [-0.1, -0.05) is 44.9 Å². The van der Waals surface area contributed by atoms with Crippen molar-refractivity contribution in [2.45, 2.75) is 32.6 Å². The first kappa shape index (κ1) is 23.1. The molecular formula is C17H21ClWY-2. The van der Waals surface area contributed by atoms with E-state index in [0.29, 0.717) is 5.92 Å². The van der Waals surface area contributed by atoms with E-state index in [-0.39, 0.29) is 61.2 Å². The van der Waals surface area contributed by atoms with Crippen LogP contribution in [0, 0.1) is 13.5 Å². The van der Waals surface area contributed by atoms with Crippen molar-refractivity contribution in [1.82, 2.24) is 0 Å². The zero-order valence-corrected chi connectivity index (χ0v) is 19.0. The van der Waals surface area contributed by atoms with Crippen LogP contribution in [0.3, 0.4) is 0 Å². The summed E-state index contributed by atoms with van der Waals surface area (Å²) in [5.41, 5.74) is 2.82. The Morgan fingerprint density at radius 1 is 1.25 bits per heavy atom. The van der Waals surface area contributed by atoms with Gasteiger partial charge in [0.25, 0.3) is 0 Å². The SMILES string of the molecule is CC.ClCC1CCc2[c-]cc3ccccc3c21.[CH3-].[W].[Y]. The average Bonchev–Trinajstić information content (AvgIpc) is 2.84. The molecule has 0 nitrogen and oxygen atoms in total. The minimum absolute atomic E-state index is 0. The van der Waals surface area contributed by atoms with Crippen molar-refractivity contribution in [2.24, 2.45) is 0 Å². The summed E-state index contributed by atoms with van der Waals surface area (Å²) in [6.07, 6.45) is 2.32. The fourth-order valence-corrected chi connectivity index (χ4v) is 2.87. The Morgan fingerprint density at radius 2 is 1.90 bits per heavy atom. The largest absolute Gasteiger partial charge is 0.358 e. The fraction of sp³-hybridized carbons (Fsp3) is 0.353. The molecule has 2 aromatic rings. The summed E-state index contributed by atoms with van der Waals surface area (Å²) in [7, 11) is 0. The van der Waals surface area contributed by atoms with Gasteiger partial charge in [-0.3, -0.25) is 0 Å². The number of benzene rings is 2. The summed E-state index contributed by atoms with van der Waals surface area (Å²) in [6, 6.07) is 14.0. The second-order valence-electron chi connectivity index (χ2n) is 4.16. The zero-order chi connectivity index (χ0) is 12.3. The molecule has 0 aliphatic heterocycles. The van der Waals surface area contributed by atoms with Crippen LogP contribution < -0.4 is 0 Å². The third-order valence-electron chi connectivity index (χ3n) is 3.32. The van der Waals surface area contributed by atoms with Crippen LogP contribution >= 0.6 is 11.6 Å². The van der Waals surface area contributed by atoms with Crippen LogP contribution in [0.1, 0.15) is 37.3 Å². The van der Waals surface area contributed by atoms with Crippen molar-refractivity contribution >= 4 is 22.4 Å². The second-order valence-corrected chi connectivity index (χ2v) is 4.47. The molecule has 0 spiro atoms. The van der Waals surface area contributed by atoms with Gasteiger partial charge in [0.05, 0.1) is 0 Å². The van der Waals surface area contributed by atoms with Crippen LogP contribution in [-0.2, 0) is 60.2 Å². The summed E-state index contributed by atoms with van der Waals surface area (Å²) in [5.74, 6) is 1.26. The van der Waals surface area contributed by atoms with Crippen molar-refractivity contribution in [3.63, 3.8) is 0 Å². The number of fused-ring (bicyclic) bond motifs is 3. The molecule has 107 valence electrons. The van der Waals surface area contributed by atoms with Gasteiger partial charge >= 0.3 is 0 Å². The normalized spacial score (nSPS) is 14.8. The second kappa shape index (κ2) is 11.4. The van der Waals surface area contributed by atoms with E-state index in [0.717, 1.165) is 12.3 Å². The topological polar surface area (TPSA) is 0 Å². The maximum atomic E-state index is 6.02. The van der Waals surface area contributed by atoms with Crippen molar-refractivity contribution in [3.05, 3.63) is 55.0 Å². The molecule has 0 N–H and O–H groups in total. The number of aryl methyl sites for hydroxylation is 1. The minimum atomic E-state index is 0. The average molecular weight is 534 g/mol. The van der Waals surface area contributed by atoms with Gasteiger partial charge in [0.1, 0.15) is 0 Å². The Hall–Kier alpha value is 0.782. The van der Waals surface area contributed by atoms with Gasteiger partial charge in [0.15, 0.2) is 0 Å². The first-order valence-electron chi connectivity index (χ1n) is 6.38. The van der Waals surface area contributed by atoms with E-state index in [1.807, 2.05) is 13.8 Å². The van der Waals surface area contributed by atoms with Crippen molar-refractivity contribution in [3.8, 4) is 0 Å². The first-order chi connectivity index (χ1) is 8.40. The molecule has 2 aromatic carbocycles. The van der Waals surface area contributed by atoms with E-state index in [1.165, 1.54) is 28.3 Å². The maximum absolute atomic E-state index is 6.02. The van der Waals surface area contributed by atoms with Crippen LogP contribution in [0.25, 0.3) is 10.8 Å². The zero-order valence-electron chi connectivity index (χ0n) is 12.4. The monoisotopic (exact) mass is 533 g/mol. The van der Waals surface area contributed by atoms with E-state index < -0.39 is 0 Å². The van der Waals surface area contributed by atoms with Crippen LogP contribution in [0.4, 0.5) is 0 Å². The standard InChI is InChI=1S/C14H12Cl.C2H6.CH3.W.Y/c15-9-12-8-7-11-6-5-10-3-1-2-4-13(10)14(11)12;1-2;;;/h1-5,12H,7-9H2;1-2H3;1H3;;/q-1;;-1;;. The quantitative estimate of drug-likeness (QED) is 0.341. The van der Waals surface area contributed by atoms with E-state index >= 15 is 0 Å². The van der Waals surface area contributed by atoms with Crippen LogP contribution in [0.5, 0.6) is 0 Å². The number of hydrogen-bond acceptors (Lipinski definition) is 0. The third-order valence-corrected chi connectivity index (χ3v) is 3.69. The summed E-state index contributed by atoms with van der Waals surface area (Å²) in [5, 5.41) is 2.66. The molecule has 1 aliphatic carbocycles. The molecule has 1 aliphatic rings. The molecule has 3 rings (SSSR count). The van der Waals surface area contributed by atoms with Gasteiger partial charge in [-0.15, -0.1) is 34.0 Å². The molecule has 20 heavy (non-hydrogen) atoms. The predicted molar refractivity (Wildman–Crippen MR) is 82.3 cm³/mol. The van der Waals surface area contributed by atoms with Gasteiger partial charge < -0.3 is 7.43 Å². The Kier molecular flexibility index (Phi) is 13.1. The molecule has 3 heteroatoms. The van der Waals surface area contributed by atoms with Crippen LogP contribution in [0.2, 0.25) is 0 Å². The summed E-state index contributed by atoms with van der Waals surface area (Å²) >= 11 is 6.02. The van der Waals surface area contributed by atoms with E-state index in [2.05, 4.69) is 36.4 Å². The van der Waals surface area contributed by atoms with Crippen LogP contribution in [0.15, 0.2) is 30.3 Å². The smallest absolute Gasteiger partial charge is 0.0187 e. The molecule has 1 radical (unpaired) electrons. The molecule has 0 heterocycles. The Balaban J connectivity index is 0. The molecule has 1 unspecified atom stereocenters. The summed E-state index contributed by atoms with van der Waals surface area (Å²) < 4.78 is 0. The molecule has 0 amide bonds. The van der Waals surface area contributed by atoms with Gasteiger partial charge in [-0.05, 0) is 5.92 Å². The Labute approximate surface area is 168 Å². The van der Waals surface area contributed by atoms with E-state index in [1.54, 1.807) is 0 Å². The van der Waals surface area contributed by atoms with Crippen molar-refractivity contribution < 1.29 is 53.8 Å². The van der Waals surface area contributed by atoms with E-state index in [9.17, 15) is 0 Å². The van der Waals surface area contributed by atoms with E-state index in [4.69, 9.17) is 11.6 Å². The molecular weight excluding hydrogens is 512 g/mol. The van der Waals surface area contributed by atoms with Crippen molar-refractivity contribution in [2.75, 3.05) is 5.88 Å². The summed E-state index contributed by atoms with van der Waals surface area (Å²) in [4.78, 5) is 0. The number of hydrogen-bond donors (Lipinski definition) is 0. The minimum Gasteiger partial charge on any atom is -0.358 e. The van der Waals surface area contributed by atoms with Crippen molar-refractivity contribution in [1.29, 1.82) is 0 Å². The summed E-state index contributed by atoms with van der Waals surface area (Å²) in [6.45, 7) is 4.00. The number of halogens is 1. The van der Waals surface area contributed by atoms with Gasteiger partial charge in [0.2, 0.25) is 0 Å².